The second kappa shape index (κ2) is 7.90. The minimum absolute atomic E-state index is 0.0115. The molecule has 23 heavy (non-hydrogen) atoms. The van der Waals surface area contributed by atoms with Crippen LogP contribution in [-0.4, -0.2) is 29.4 Å². The Hall–Kier alpha value is -2.93. The molecule has 0 saturated heterocycles. The van der Waals surface area contributed by atoms with E-state index < -0.39 is 24.3 Å². The first-order valence-corrected chi connectivity index (χ1v) is 7.56. The fourth-order valence-corrected chi connectivity index (χ4v) is 2.37. The van der Waals surface area contributed by atoms with E-state index in [1.54, 1.807) is 36.4 Å². The molecule has 0 saturated carbocycles. The quantitative estimate of drug-likeness (QED) is 0.703. The molecule has 0 aliphatic heterocycles. The number of carbonyl (C=O) groups is 3. The highest BCUT2D eigenvalue weighted by Crippen LogP contribution is 2.13. The van der Waals surface area contributed by atoms with E-state index in [2.05, 4.69) is 10.6 Å². The van der Waals surface area contributed by atoms with Crippen LogP contribution in [0.25, 0.3) is 6.08 Å². The van der Waals surface area contributed by atoms with Crippen molar-refractivity contribution in [3.05, 3.63) is 64.0 Å². The van der Waals surface area contributed by atoms with Crippen molar-refractivity contribution in [3.63, 3.8) is 0 Å². The second-order valence-electron chi connectivity index (χ2n) is 4.47. The van der Waals surface area contributed by atoms with E-state index >= 15 is 0 Å². The van der Waals surface area contributed by atoms with Gasteiger partial charge < -0.3 is 15.7 Å². The number of amides is 2. The van der Waals surface area contributed by atoms with Gasteiger partial charge in [0.15, 0.2) is 0 Å². The van der Waals surface area contributed by atoms with Crippen molar-refractivity contribution in [3.8, 4) is 0 Å². The summed E-state index contributed by atoms with van der Waals surface area (Å²) in [4.78, 5) is 35.6. The minimum atomic E-state index is -1.16. The van der Waals surface area contributed by atoms with Gasteiger partial charge in [-0.3, -0.25) is 14.4 Å². The number of thiophene rings is 1. The molecule has 0 unspecified atom stereocenters. The van der Waals surface area contributed by atoms with Crippen LogP contribution < -0.4 is 10.6 Å². The maximum absolute atomic E-state index is 12.2. The van der Waals surface area contributed by atoms with E-state index in [0.717, 1.165) is 4.88 Å². The average Bonchev–Trinajstić information content (AvgIpc) is 3.05. The lowest BCUT2D eigenvalue weighted by Crippen LogP contribution is -2.37. The van der Waals surface area contributed by atoms with Crippen molar-refractivity contribution in [1.29, 1.82) is 0 Å². The molecule has 0 bridgehead atoms. The van der Waals surface area contributed by atoms with Crippen LogP contribution in [0, 0.1) is 0 Å². The molecule has 0 aliphatic rings. The first-order valence-electron chi connectivity index (χ1n) is 6.68. The van der Waals surface area contributed by atoms with Crippen molar-refractivity contribution in [2.75, 3.05) is 6.54 Å². The number of rotatable bonds is 6. The van der Waals surface area contributed by atoms with Crippen LogP contribution in [0.15, 0.2) is 53.5 Å². The van der Waals surface area contributed by atoms with Gasteiger partial charge in [-0.25, -0.2) is 0 Å². The summed E-state index contributed by atoms with van der Waals surface area (Å²) in [5.74, 6) is -2.27. The lowest BCUT2D eigenvalue weighted by atomic mass is 10.2. The third-order valence-corrected chi connectivity index (χ3v) is 3.58. The van der Waals surface area contributed by atoms with Crippen molar-refractivity contribution in [2.45, 2.75) is 0 Å². The van der Waals surface area contributed by atoms with E-state index in [1.165, 1.54) is 17.4 Å². The highest BCUT2D eigenvalue weighted by Gasteiger charge is 2.15. The Balaban J connectivity index is 2.18. The molecule has 2 amide bonds. The molecule has 0 aliphatic carbocycles. The van der Waals surface area contributed by atoms with Gasteiger partial charge in [-0.15, -0.1) is 11.3 Å². The standard InChI is InChI=1S/C16H14N2O4S/c19-14(20)10-17-16(22)13(9-12-7-4-8-23-12)18-15(21)11-5-2-1-3-6-11/h1-9H,10H2,(H,17,22)(H,18,21)(H,19,20)/b13-9+. The maximum atomic E-state index is 12.2. The van der Waals surface area contributed by atoms with Gasteiger partial charge in [-0.2, -0.15) is 0 Å². The zero-order valence-electron chi connectivity index (χ0n) is 12.0. The van der Waals surface area contributed by atoms with Crippen molar-refractivity contribution < 1.29 is 19.5 Å². The smallest absolute Gasteiger partial charge is 0.322 e. The van der Waals surface area contributed by atoms with Crippen LogP contribution in [0.2, 0.25) is 0 Å². The number of carbonyl (C=O) groups excluding carboxylic acids is 2. The largest absolute Gasteiger partial charge is 0.480 e. The zero-order chi connectivity index (χ0) is 16.7. The molecule has 0 fully saturated rings. The van der Waals surface area contributed by atoms with Gasteiger partial charge in [0.2, 0.25) is 0 Å². The summed E-state index contributed by atoms with van der Waals surface area (Å²) in [6.45, 7) is -0.526. The predicted molar refractivity (Wildman–Crippen MR) is 86.8 cm³/mol. The maximum Gasteiger partial charge on any atom is 0.322 e. The molecule has 0 spiro atoms. The van der Waals surface area contributed by atoms with Crippen molar-refractivity contribution in [1.82, 2.24) is 10.6 Å². The number of hydrogen-bond acceptors (Lipinski definition) is 4. The third kappa shape index (κ3) is 5.08. The first kappa shape index (κ1) is 16.4. The van der Waals surface area contributed by atoms with Gasteiger partial charge in [0, 0.05) is 10.4 Å². The Morgan fingerprint density at radius 2 is 1.83 bits per heavy atom. The highest BCUT2D eigenvalue weighted by atomic mass is 32.1. The van der Waals surface area contributed by atoms with E-state index in [4.69, 9.17) is 5.11 Å². The van der Waals surface area contributed by atoms with Gasteiger partial charge in [0.25, 0.3) is 11.8 Å². The molecule has 0 atom stereocenters. The molecule has 2 rings (SSSR count). The Morgan fingerprint density at radius 1 is 1.09 bits per heavy atom. The normalized spacial score (nSPS) is 10.9. The summed E-state index contributed by atoms with van der Waals surface area (Å²) < 4.78 is 0. The summed E-state index contributed by atoms with van der Waals surface area (Å²) >= 11 is 1.39. The molecular formula is C16H14N2O4S. The Bertz CT molecular complexity index is 724. The third-order valence-electron chi connectivity index (χ3n) is 2.76. The molecule has 7 heteroatoms. The van der Waals surface area contributed by atoms with Gasteiger partial charge in [0.1, 0.15) is 12.2 Å². The van der Waals surface area contributed by atoms with Gasteiger partial charge in [0.05, 0.1) is 0 Å². The number of hydrogen-bond donors (Lipinski definition) is 3. The van der Waals surface area contributed by atoms with Crippen LogP contribution in [0.5, 0.6) is 0 Å². The van der Waals surface area contributed by atoms with E-state index in [1.807, 2.05) is 11.4 Å². The topological polar surface area (TPSA) is 95.5 Å². The van der Waals surface area contributed by atoms with E-state index in [9.17, 15) is 14.4 Å². The zero-order valence-corrected chi connectivity index (χ0v) is 12.8. The minimum Gasteiger partial charge on any atom is -0.480 e. The number of benzene rings is 1. The first-order chi connectivity index (χ1) is 11.1. The van der Waals surface area contributed by atoms with Gasteiger partial charge in [-0.1, -0.05) is 24.3 Å². The Labute approximate surface area is 136 Å². The van der Waals surface area contributed by atoms with Gasteiger partial charge in [-0.05, 0) is 29.7 Å². The fourth-order valence-electron chi connectivity index (χ4n) is 1.71. The van der Waals surface area contributed by atoms with Crippen LogP contribution in [0.3, 0.4) is 0 Å². The van der Waals surface area contributed by atoms with Gasteiger partial charge >= 0.3 is 5.97 Å². The van der Waals surface area contributed by atoms with Crippen LogP contribution in [0.4, 0.5) is 0 Å². The van der Waals surface area contributed by atoms with Crippen LogP contribution >= 0.6 is 11.3 Å². The van der Waals surface area contributed by atoms with Crippen molar-refractivity contribution in [2.24, 2.45) is 0 Å². The molecule has 2 aromatic rings. The van der Waals surface area contributed by atoms with E-state index in [0.29, 0.717) is 5.56 Å². The Kier molecular flexibility index (Phi) is 5.65. The average molecular weight is 330 g/mol. The SMILES string of the molecule is O=C(O)CNC(=O)/C(=C\c1cccs1)NC(=O)c1ccccc1. The lowest BCUT2D eigenvalue weighted by molar-refractivity contribution is -0.137. The monoisotopic (exact) mass is 330 g/mol. The number of aliphatic carboxylic acids is 1. The lowest BCUT2D eigenvalue weighted by Gasteiger charge is -2.09. The van der Waals surface area contributed by atoms with Crippen LogP contribution in [-0.2, 0) is 9.59 Å². The van der Waals surface area contributed by atoms with E-state index in [-0.39, 0.29) is 5.70 Å². The molecule has 6 nitrogen and oxygen atoms in total. The number of carboxylic acid groups (broad SMARTS) is 1. The predicted octanol–water partition coefficient (Wildman–Crippen LogP) is 1.72. The fraction of sp³-hybridized carbons (Fsp3) is 0.0625. The number of carboxylic acids is 1. The summed E-state index contributed by atoms with van der Waals surface area (Å²) in [5.41, 5.74) is 0.387. The molecule has 1 aromatic heterocycles. The summed E-state index contributed by atoms with van der Waals surface area (Å²) in [6, 6.07) is 12.0. The summed E-state index contributed by atoms with van der Waals surface area (Å²) in [6.07, 6.45) is 1.50. The summed E-state index contributed by atoms with van der Waals surface area (Å²) in [5, 5.41) is 15.2. The number of nitrogens with one attached hydrogen (secondary N) is 2. The molecule has 0 radical (unpaired) electrons. The Morgan fingerprint density at radius 3 is 2.43 bits per heavy atom. The second-order valence-corrected chi connectivity index (χ2v) is 5.45. The van der Waals surface area contributed by atoms with Crippen LogP contribution in [0.1, 0.15) is 15.2 Å². The van der Waals surface area contributed by atoms with Crippen molar-refractivity contribution >= 4 is 35.2 Å². The molecule has 3 N–H and O–H groups in total. The molecule has 1 heterocycles. The molecule has 1 aromatic carbocycles. The molecule has 118 valence electrons. The molecular weight excluding hydrogens is 316 g/mol. The highest BCUT2D eigenvalue weighted by molar-refractivity contribution is 7.10. The summed E-state index contributed by atoms with van der Waals surface area (Å²) in [7, 11) is 0.